The van der Waals surface area contributed by atoms with Crippen LogP contribution < -0.4 is 5.32 Å². The van der Waals surface area contributed by atoms with Crippen molar-refractivity contribution in [1.82, 2.24) is 5.32 Å². The molecule has 2 atom stereocenters. The summed E-state index contributed by atoms with van der Waals surface area (Å²) in [5, 5.41) is 11.6. The Morgan fingerprint density at radius 1 is 1.28 bits per heavy atom. The van der Waals surface area contributed by atoms with Gasteiger partial charge in [0.2, 0.25) is 0 Å². The molecule has 1 aliphatic rings. The van der Waals surface area contributed by atoms with Crippen LogP contribution in [0.15, 0.2) is 30.3 Å². The van der Waals surface area contributed by atoms with E-state index in [1.165, 1.54) is 0 Å². The largest absolute Gasteiger partial charge is 0.480 e. The lowest BCUT2D eigenvalue weighted by Crippen LogP contribution is -2.30. The Kier molecular flexibility index (Phi) is 5.12. The summed E-state index contributed by atoms with van der Waals surface area (Å²) < 4.78 is 5.21. The predicted molar refractivity (Wildman–Crippen MR) is 66.9 cm³/mol. The molecule has 2 N–H and O–H groups in total. The first-order valence-electron chi connectivity index (χ1n) is 5.39. The van der Waals surface area contributed by atoms with Gasteiger partial charge in [-0.25, -0.2) is 4.79 Å². The number of carbonyl (C=O) groups excluding carboxylic acids is 1. The average molecular weight is 272 g/mol. The van der Waals surface area contributed by atoms with Crippen LogP contribution in [0.1, 0.15) is 16.8 Å². The Bertz CT molecular complexity index is 423. The van der Waals surface area contributed by atoms with Crippen molar-refractivity contribution in [2.24, 2.45) is 0 Å². The van der Waals surface area contributed by atoms with Crippen LogP contribution in [0.2, 0.25) is 0 Å². The lowest BCUT2D eigenvalue weighted by Gasteiger charge is -2.10. The molecule has 0 unspecified atom stereocenters. The molecule has 0 radical (unpaired) electrons. The van der Waals surface area contributed by atoms with Gasteiger partial charge in [0, 0.05) is 13.0 Å². The number of nitrogens with one attached hydrogen (secondary N) is 1. The molecule has 0 saturated carbocycles. The van der Waals surface area contributed by atoms with E-state index in [1.807, 2.05) is 6.07 Å². The topological polar surface area (TPSA) is 75.6 Å². The van der Waals surface area contributed by atoms with Crippen molar-refractivity contribution in [2.75, 3.05) is 6.54 Å². The Morgan fingerprint density at radius 3 is 2.50 bits per heavy atom. The third-order valence-electron chi connectivity index (χ3n) is 2.67. The molecule has 1 aromatic carbocycles. The molecule has 1 saturated heterocycles. The summed E-state index contributed by atoms with van der Waals surface area (Å²) in [5.74, 6) is -1.33. The maximum Gasteiger partial charge on any atom is 0.338 e. The molecule has 1 heterocycles. The van der Waals surface area contributed by atoms with Crippen LogP contribution in [-0.4, -0.2) is 35.7 Å². The van der Waals surface area contributed by atoms with Crippen molar-refractivity contribution < 1.29 is 19.4 Å². The third kappa shape index (κ3) is 3.45. The standard InChI is InChI=1S/C12H13NO4.ClH/c14-11(15)10-6-9(7-13-10)17-12(16)8-4-2-1-3-5-8;/h1-5,9-10,13H,6-7H2,(H,14,15);1H/t9-,10+;/m1./s1. The molecule has 6 heteroatoms. The molecule has 98 valence electrons. The SMILES string of the molecule is Cl.O=C(O[C@H]1CN[C@H](C(=O)O)C1)c1ccccc1. The van der Waals surface area contributed by atoms with Crippen LogP contribution in [-0.2, 0) is 9.53 Å². The maximum atomic E-state index is 11.7. The van der Waals surface area contributed by atoms with E-state index in [0.29, 0.717) is 18.5 Å². The normalized spacial score (nSPS) is 22.0. The monoisotopic (exact) mass is 271 g/mol. The summed E-state index contributed by atoms with van der Waals surface area (Å²) in [5.41, 5.74) is 0.478. The first-order chi connectivity index (χ1) is 8.16. The third-order valence-corrected chi connectivity index (χ3v) is 2.67. The van der Waals surface area contributed by atoms with Gasteiger partial charge in [0.25, 0.3) is 0 Å². The molecule has 0 bridgehead atoms. The van der Waals surface area contributed by atoms with E-state index < -0.39 is 18.0 Å². The number of benzene rings is 1. The number of carboxylic acid groups (broad SMARTS) is 1. The number of carboxylic acids is 1. The van der Waals surface area contributed by atoms with Crippen molar-refractivity contribution in [2.45, 2.75) is 18.6 Å². The quantitative estimate of drug-likeness (QED) is 0.805. The van der Waals surface area contributed by atoms with Gasteiger partial charge in [0.1, 0.15) is 12.1 Å². The van der Waals surface area contributed by atoms with Gasteiger partial charge < -0.3 is 15.2 Å². The molecule has 1 aliphatic heterocycles. The van der Waals surface area contributed by atoms with Crippen molar-refractivity contribution in [3.63, 3.8) is 0 Å². The number of hydrogen-bond donors (Lipinski definition) is 2. The summed E-state index contributed by atoms with van der Waals surface area (Å²) in [4.78, 5) is 22.4. The van der Waals surface area contributed by atoms with Crippen molar-refractivity contribution in [3.8, 4) is 0 Å². The number of ether oxygens (including phenoxy) is 1. The van der Waals surface area contributed by atoms with Crippen LogP contribution in [0.4, 0.5) is 0 Å². The van der Waals surface area contributed by atoms with E-state index in [-0.39, 0.29) is 18.5 Å². The molecule has 0 aliphatic carbocycles. The molecule has 1 fully saturated rings. The number of hydrogen-bond acceptors (Lipinski definition) is 4. The van der Waals surface area contributed by atoms with E-state index in [1.54, 1.807) is 24.3 Å². The Hall–Kier alpha value is -1.59. The van der Waals surface area contributed by atoms with Crippen LogP contribution in [0.25, 0.3) is 0 Å². The van der Waals surface area contributed by atoms with Gasteiger partial charge in [-0.2, -0.15) is 0 Å². The van der Waals surface area contributed by atoms with Gasteiger partial charge in [-0.1, -0.05) is 18.2 Å². The minimum atomic E-state index is -0.914. The Balaban J connectivity index is 0.00000162. The molecule has 0 spiro atoms. The molecule has 2 rings (SSSR count). The molecular weight excluding hydrogens is 258 g/mol. The summed E-state index contributed by atoms with van der Waals surface area (Å²) >= 11 is 0. The highest BCUT2D eigenvalue weighted by atomic mass is 35.5. The number of carbonyl (C=O) groups is 2. The Labute approximate surface area is 111 Å². The van der Waals surface area contributed by atoms with E-state index >= 15 is 0 Å². The molecule has 5 nitrogen and oxygen atoms in total. The van der Waals surface area contributed by atoms with Crippen molar-refractivity contribution >= 4 is 24.3 Å². The van der Waals surface area contributed by atoms with Crippen LogP contribution in [0, 0.1) is 0 Å². The molecule has 1 aromatic rings. The van der Waals surface area contributed by atoms with Gasteiger partial charge in [0.05, 0.1) is 5.56 Å². The zero-order valence-electron chi connectivity index (χ0n) is 9.54. The summed E-state index contributed by atoms with van der Waals surface area (Å²) in [6.07, 6.45) is -0.0581. The van der Waals surface area contributed by atoms with Crippen molar-refractivity contribution in [3.05, 3.63) is 35.9 Å². The minimum absolute atomic E-state index is 0. The first kappa shape index (κ1) is 14.5. The van der Waals surface area contributed by atoms with Gasteiger partial charge in [-0.05, 0) is 12.1 Å². The predicted octanol–water partition coefficient (Wildman–Crippen LogP) is 1.08. The van der Waals surface area contributed by atoms with Crippen LogP contribution >= 0.6 is 12.4 Å². The highest BCUT2D eigenvalue weighted by molar-refractivity contribution is 5.89. The highest BCUT2D eigenvalue weighted by Gasteiger charge is 2.31. The second-order valence-corrected chi connectivity index (χ2v) is 3.93. The highest BCUT2D eigenvalue weighted by Crippen LogP contribution is 2.13. The van der Waals surface area contributed by atoms with Gasteiger partial charge in [0.15, 0.2) is 0 Å². The molecule has 18 heavy (non-hydrogen) atoms. The van der Waals surface area contributed by atoms with Gasteiger partial charge >= 0.3 is 11.9 Å². The van der Waals surface area contributed by atoms with E-state index in [4.69, 9.17) is 9.84 Å². The van der Waals surface area contributed by atoms with Crippen molar-refractivity contribution in [1.29, 1.82) is 0 Å². The lowest BCUT2D eigenvalue weighted by atomic mass is 10.2. The van der Waals surface area contributed by atoms with Crippen LogP contribution in [0.3, 0.4) is 0 Å². The van der Waals surface area contributed by atoms with Gasteiger partial charge in [-0.3, -0.25) is 4.79 Å². The zero-order chi connectivity index (χ0) is 12.3. The second kappa shape index (κ2) is 6.37. The number of esters is 1. The average Bonchev–Trinajstić information content (AvgIpc) is 2.79. The van der Waals surface area contributed by atoms with E-state index in [2.05, 4.69) is 5.32 Å². The number of halogens is 1. The van der Waals surface area contributed by atoms with E-state index in [9.17, 15) is 9.59 Å². The van der Waals surface area contributed by atoms with E-state index in [0.717, 1.165) is 0 Å². The lowest BCUT2D eigenvalue weighted by molar-refractivity contribution is -0.139. The molecular formula is C12H14ClNO4. The smallest absolute Gasteiger partial charge is 0.338 e. The summed E-state index contributed by atoms with van der Waals surface area (Å²) in [6, 6.07) is 8.03. The fraction of sp³-hybridized carbons (Fsp3) is 0.333. The second-order valence-electron chi connectivity index (χ2n) is 3.93. The van der Waals surface area contributed by atoms with Gasteiger partial charge in [-0.15, -0.1) is 12.4 Å². The summed E-state index contributed by atoms with van der Waals surface area (Å²) in [6.45, 7) is 0.384. The zero-order valence-corrected chi connectivity index (χ0v) is 10.4. The molecule has 0 aromatic heterocycles. The number of aliphatic carboxylic acids is 1. The summed E-state index contributed by atoms with van der Waals surface area (Å²) in [7, 11) is 0. The fourth-order valence-corrected chi connectivity index (χ4v) is 1.77. The van der Waals surface area contributed by atoms with Crippen LogP contribution in [0.5, 0.6) is 0 Å². The Morgan fingerprint density at radius 2 is 1.94 bits per heavy atom. The first-order valence-corrected chi connectivity index (χ1v) is 5.39. The fourth-order valence-electron chi connectivity index (χ4n) is 1.77. The molecule has 0 amide bonds. The maximum absolute atomic E-state index is 11.7. The minimum Gasteiger partial charge on any atom is -0.480 e. The number of rotatable bonds is 3.